The standard InChI is InChI=1S/C16H13ClF3N5/c1-10(14-9-25(24-23-14)12-5-3-2-4-6-12)22-15-13(17)7-11(8-21-15)16(18,19)20/h2-10H,1H3,(H,21,22). The molecule has 1 N–H and O–H groups in total. The molecule has 0 saturated carbocycles. The van der Waals surface area contributed by atoms with Gasteiger partial charge in [0.05, 0.1) is 28.5 Å². The lowest BCUT2D eigenvalue weighted by molar-refractivity contribution is -0.137. The number of aromatic nitrogens is 4. The first-order valence-corrected chi connectivity index (χ1v) is 7.69. The third kappa shape index (κ3) is 3.90. The summed E-state index contributed by atoms with van der Waals surface area (Å²) in [7, 11) is 0. The minimum absolute atomic E-state index is 0.114. The minimum atomic E-state index is -4.49. The summed E-state index contributed by atoms with van der Waals surface area (Å²) >= 11 is 5.90. The summed E-state index contributed by atoms with van der Waals surface area (Å²) in [6.45, 7) is 1.79. The van der Waals surface area contributed by atoms with E-state index in [9.17, 15) is 13.2 Å². The predicted octanol–water partition coefficient (Wildman–Crippen LogP) is 4.51. The van der Waals surface area contributed by atoms with E-state index in [1.54, 1.807) is 17.8 Å². The van der Waals surface area contributed by atoms with Crippen molar-refractivity contribution < 1.29 is 13.2 Å². The Morgan fingerprint density at radius 3 is 2.56 bits per heavy atom. The largest absolute Gasteiger partial charge is 0.417 e. The van der Waals surface area contributed by atoms with Crippen LogP contribution in [0, 0.1) is 0 Å². The molecule has 0 spiro atoms. The van der Waals surface area contributed by atoms with Gasteiger partial charge in [-0.3, -0.25) is 0 Å². The molecule has 1 atom stereocenters. The highest BCUT2D eigenvalue weighted by molar-refractivity contribution is 6.33. The van der Waals surface area contributed by atoms with E-state index in [0.29, 0.717) is 5.69 Å². The number of pyridine rings is 1. The number of nitrogens with zero attached hydrogens (tertiary/aromatic N) is 4. The number of rotatable bonds is 4. The molecule has 0 bridgehead atoms. The van der Waals surface area contributed by atoms with Crippen LogP contribution in [0.15, 0.2) is 48.8 Å². The van der Waals surface area contributed by atoms with Gasteiger partial charge in [0.25, 0.3) is 0 Å². The Bertz CT molecular complexity index is 864. The molecular weight excluding hydrogens is 355 g/mol. The molecule has 3 rings (SSSR count). The van der Waals surface area contributed by atoms with E-state index in [0.717, 1.165) is 18.0 Å². The molecule has 0 aliphatic carbocycles. The van der Waals surface area contributed by atoms with Gasteiger partial charge < -0.3 is 5.32 Å². The Kier molecular flexibility index (Phi) is 4.63. The van der Waals surface area contributed by atoms with Crippen molar-refractivity contribution in [3.63, 3.8) is 0 Å². The average molecular weight is 368 g/mol. The number of benzene rings is 1. The first-order valence-electron chi connectivity index (χ1n) is 7.31. The summed E-state index contributed by atoms with van der Waals surface area (Å²) in [5.74, 6) is 0.149. The van der Waals surface area contributed by atoms with Gasteiger partial charge >= 0.3 is 6.18 Å². The monoisotopic (exact) mass is 367 g/mol. The Morgan fingerprint density at radius 2 is 1.92 bits per heavy atom. The number of hydrogen-bond acceptors (Lipinski definition) is 4. The van der Waals surface area contributed by atoms with E-state index >= 15 is 0 Å². The number of alkyl halides is 3. The highest BCUT2D eigenvalue weighted by atomic mass is 35.5. The second kappa shape index (κ2) is 6.72. The number of halogens is 4. The van der Waals surface area contributed by atoms with Crippen molar-refractivity contribution in [2.75, 3.05) is 5.32 Å². The zero-order valence-corrected chi connectivity index (χ0v) is 13.8. The molecule has 25 heavy (non-hydrogen) atoms. The van der Waals surface area contributed by atoms with Gasteiger partial charge in [0, 0.05) is 6.20 Å². The van der Waals surface area contributed by atoms with Gasteiger partial charge in [0.1, 0.15) is 11.5 Å². The van der Waals surface area contributed by atoms with E-state index in [1.165, 1.54) is 0 Å². The third-order valence-corrected chi connectivity index (χ3v) is 3.79. The van der Waals surface area contributed by atoms with Crippen LogP contribution in [0.2, 0.25) is 5.02 Å². The summed E-state index contributed by atoms with van der Waals surface area (Å²) in [6.07, 6.45) is -2.02. The lowest BCUT2D eigenvalue weighted by Crippen LogP contribution is -2.11. The van der Waals surface area contributed by atoms with Gasteiger partial charge in [-0.1, -0.05) is 35.0 Å². The van der Waals surface area contributed by atoms with E-state index in [2.05, 4.69) is 20.6 Å². The Hall–Kier alpha value is -2.61. The predicted molar refractivity (Wildman–Crippen MR) is 87.6 cm³/mol. The van der Waals surface area contributed by atoms with Crippen LogP contribution in [-0.2, 0) is 6.18 Å². The van der Waals surface area contributed by atoms with Crippen molar-refractivity contribution in [1.29, 1.82) is 0 Å². The topological polar surface area (TPSA) is 55.6 Å². The number of hydrogen-bond donors (Lipinski definition) is 1. The zero-order valence-electron chi connectivity index (χ0n) is 13.0. The van der Waals surface area contributed by atoms with Crippen LogP contribution in [0.1, 0.15) is 24.2 Å². The fourth-order valence-electron chi connectivity index (χ4n) is 2.16. The highest BCUT2D eigenvalue weighted by Crippen LogP contribution is 2.33. The summed E-state index contributed by atoms with van der Waals surface area (Å²) < 4.78 is 39.6. The van der Waals surface area contributed by atoms with E-state index in [-0.39, 0.29) is 16.9 Å². The maximum atomic E-state index is 12.7. The van der Waals surface area contributed by atoms with E-state index in [4.69, 9.17) is 11.6 Å². The second-order valence-electron chi connectivity index (χ2n) is 5.34. The molecule has 5 nitrogen and oxygen atoms in total. The number of para-hydroxylation sites is 1. The first-order chi connectivity index (χ1) is 11.8. The Balaban J connectivity index is 1.77. The molecule has 0 saturated heterocycles. The maximum absolute atomic E-state index is 12.7. The van der Waals surface area contributed by atoms with Crippen molar-refractivity contribution in [2.45, 2.75) is 19.1 Å². The van der Waals surface area contributed by atoms with Crippen molar-refractivity contribution >= 4 is 17.4 Å². The Labute approximate surface area is 146 Å². The van der Waals surface area contributed by atoms with Gasteiger partial charge in [-0.05, 0) is 25.1 Å². The van der Waals surface area contributed by atoms with Crippen LogP contribution < -0.4 is 5.32 Å². The fraction of sp³-hybridized carbons (Fsp3) is 0.188. The lowest BCUT2D eigenvalue weighted by Gasteiger charge is -2.14. The summed E-state index contributed by atoms with van der Waals surface area (Å²) in [4.78, 5) is 3.76. The Morgan fingerprint density at radius 1 is 1.20 bits per heavy atom. The summed E-state index contributed by atoms with van der Waals surface area (Å²) in [5, 5.41) is 10.9. The maximum Gasteiger partial charge on any atom is 0.417 e. The summed E-state index contributed by atoms with van der Waals surface area (Å²) in [5.41, 5.74) is 0.548. The molecule has 1 aromatic carbocycles. The van der Waals surface area contributed by atoms with Crippen molar-refractivity contribution in [1.82, 2.24) is 20.0 Å². The molecule has 0 fully saturated rings. The second-order valence-corrected chi connectivity index (χ2v) is 5.75. The van der Waals surface area contributed by atoms with Gasteiger partial charge in [-0.15, -0.1) is 5.10 Å². The van der Waals surface area contributed by atoms with Gasteiger partial charge in [0.2, 0.25) is 0 Å². The third-order valence-electron chi connectivity index (χ3n) is 3.50. The van der Waals surface area contributed by atoms with Crippen LogP contribution in [0.5, 0.6) is 0 Å². The molecule has 0 amide bonds. The average Bonchev–Trinajstić information content (AvgIpc) is 3.07. The van der Waals surface area contributed by atoms with Crippen molar-refractivity contribution in [3.05, 3.63) is 65.1 Å². The van der Waals surface area contributed by atoms with E-state index < -0.39 is 11.7 Å². The molecule has 2 aromatic heterocycles. The smallest absolute Gasteiger partial charge is 0.361 e. The lowest BCUT2D eigenvalue weighted by atomic mass is 10.2. The highest BCUT2D eigenvalue weighted by Gasteiger charge is 2.31. The van der Waals surface area contributed by atoms with Crippen molar-refractivity contribution in [2.24, 2.45) is 0 Å². The molecule has 0 aliphatic rings. The first kappa shape index (κ1) is 17.2. The minimum Gasteiger partial charge on any atom is -0.361 e. The molecular formula is C16H13ClF3N5. The van der Waals surface area contributed by atoms with Gasteiger partial charge in [-0.25, -0.2) is 9.67 Å². The molecule has 2 heterocycles. The van der Waals surface area contributed by atoms with Gasteiger partial charge in [-0.2, -0.15) is 13.2 Å². The number of anilines is 1. The van der Waals surface area contributed by atoms with Crippen LogP contribution in [-0.4, -0.2) is 20.0 Å². The molecule has 0 aliphatic heterocycles. The quantitative estimate of drug-likeness (QED) is 0.737. The fourth-order valence-corrected chi connectivity index (χ4v) is 2.38. The normalized spacial score (nSPS) is 12.8. The van der Waals surface area contributed by atoms with Crippen molar-refractivity contribution in [3.8, 4) is 5.69 Å². The zero-order chi connectivity index (χ0) is 18.0. The molecule has 9 heteroatoms. The molecule has 1 unspecified atom stereocenters. The van der Waals surface area contributed by atoms with Crippen LogP contribution in [0.25, 0.3) is 5.69 Å². The van der Waals surface area contributed by atoms with Crippen LogP contribution >= 0.6 is 11.6 Å². The summed E-state index contributed by atoms with van der Waals surface area (Å²) in [6, 6.07) is 9.90. The van der Waals surface area contributed by atoms with Crippen LogP contribution in [0.3, 0.4) is 0 Å². The molecule has 0 radical (unpaired) electrons. The van der Waals surface area contributed by atoms with Gasteiger partial charge in [0.15, 0.2) is 0 Å². The SMILES string of the molecule is CC(Nc1ncc(C(F)(F)F)cc1Cl)c1cn(-c2ccccc2)nn1. The molecule has 130 valence electrons. The van der Waals surface area contributed by atoms with E-state index in [1.807, 2.05) is 30.3 Å². The van der Waals surface area contributed by atoms with Crippen LogP contribution in [0.4, 0.5) is 19.0 Å². The molecule has 3 aromatic rings. The number of nitrogens with one attached hydrogen (secondary N) is 1.